The van der Waals surface area contributed by atoms with Gasteiger partial charge in [-0.15, -0.1) is 0 Å². The number of aromatic nitrogens is 1. The van der Waals surface area contributed by atoms with Crippen molar-refractivity contribution in [1.29, 1.82) is 0 Å². The zero-order valence-corrected chi connectivity index (χ0v) is 12.8. The summed E-state index contributed by atoms with van der Waals surface area (Å²) in [5.74, 6) is -2.14. The molecule has 120 valence electrons. The van der Waals surface area contributed by atoms with Crippen LogP contribution in [-0.4, -0.2) is 22.7 Å². The van der Waals surface area contributed by atoms with E-state index in [1.165, 1.54) is 51.1 Å². The fraction of sp³-hybridized carbons (Fsp3) is 0.688. The zero-order valence-electron chi connectivity index (χ0n) is 12.8. The molecular formula is C16H26FNO3. The molecule has 0 fully saturated rings. The molecule has 1 heterocycles. The summed E-state index contributed by atoms with van der Waals surface area (Å²) in [6.45, 7) is 2.64. The van der Waals surface area contributed by atoms with Gasteiger partial charge in [0.15, 0.2) is 17.3 Å². The van der Waals surface area contributed by atoms with Crippen molar-refractivity contribution in [3.05, 3.63) is 17.7 Å². The fourth-order valence-corrected chi connectivity index (χ4v) is 2.24. The quantitative estimate of drug-likeness (QED) is 0.547. The van der Waals surface area contributed by atoms with Gasteiger partial charge in [-0.3, -0.25) is 0 Å². The fourth-order valence-electron chi connectivity index (χ4n) is 2.24. The van der Waals surface area contributed by atoms with E-state index in [-0.39, 0.29) is 5.75 Å². The third-order valence-electron chi connectivity index (χ3n) is 3.50. The van der Waals surface area contributed by atoms with Gasteiger partial charge in [0.25, 0.3) is 0 Å². The molecule has 0 unspecified atom stereocenters. The van der Waals surface area contributed by atoms with Crippen LogP contribution in [0.2, 0.25) is 0 Å². The monoisotopic (exact) mass is 299 g/mol. The SMILES string of the molecule is CCCCCCCCCCCOc1c[nH]c(C(=O)O)c1F. The van der Waals surface area contributed by atoms with Gasteiger partial charge in [-0.1, -0.05) is 58.3 Å². The Balaban J connectivity index is 2.03. The summed E-state index contributed by atoms with van der Waals surface area (Å²) < 4.78 is 18.8. The van der Waals surface area contributed by atoms with Gasteiger partial charge in [0, 0.05) is 6.20 Å². The standard InChI is InChI=1S/C16H26FNO3/c1-2-3-4-5-6-7-8-9-10-11-21-13-12-18-15(14(13)17)16(19)20/h12,18H,2-11H2,1H3,(H,19,20). The molecule has 1 rings (SSSR count). The van der Waals surface area contributed by atoms with E-state index in [1.54, 1.807) is 0 Å². The van der Waals surface area contributed by atoms with E-state index in [9.17, 15) is 9.18 Å². The molecule has 0 saturated carbocycles. The Morgan fingerprint density at radius 3 is 2.24 bits per heavy atom. The number of H-pyrrole nitrogens is 1. The predicted octanol–water partition coefficient (Wildman–Crippen LogP) is 4.76. The van der Waals surface area contributed by atoms with E-state index in [0.29, 0.717) is 6.61 Å². The highest BCUT2D eigenvalue weighted by Gasteiger charge is 2.17. The highest BCUT2D eigenvalue weighted by molar-refractivity contribution is 5.86. The van der Waals surface area contributed by atoms with Crippen LogP contribution in [0.4, 0.5) is 4.39 Å². The zero-order chi connectivity index (χ0) is 15.5. The number of aromatic amines is 1. The van der Waals surface area contributed by atoms with E-state index >= 15 is 0 Å². The van der Waals surface area contributed by atoms with Crippen LogP contribution in [0.3, 0.4) is 0 Å². The first-order chi connectivity index (χ1) is 10.2. The third kappa shape index (κ3) is 6.65. The van der Waals surface area contributed by atoms with Gasteiger partial charge in [-0.05, 0) is 6.42 Å². The second kappa shape index (κ2) is 10.2. The van der Waals surface area contributed by atoms with Crippen molar-refractivity contribution in [3.8, 4) is 5.75 Å². The topological polar surface area (TPSA) is 62.3 Å². The minimum absolute atomic E-state index is 0.00744. The van der Waals surface area contributed by atoms with Gasteiger partial charge in [-0.2, -0.15) is 0 Å². The average molecular weight is 299 g/mol. The van der Waals surface area contributed by atoms with E-state index in [1.807, 2.05) is 0 Å². The molecule has 4 nitrogen and oxygen atoms in total. The molecule has 0 aromatic carbocycles. The molecule has 1 aromatic rings. The van der Waals surface area contributed by atoms with Crippen LogP contribution in [-0.2, 0) is 0 Å². The number of unbranched alkanes of at least 4 members (excludes halogenated alkanes) is 8. The smallest absolute Gasteiger partial charge is 0.355 e. The summed E-state index contributed by atoms with van der Waals surface area (Å²) in [4.78, 5) is 13.0. The average Bonchev–Trinajstić information content (AvgIpc) is 2.82. The highest BCUT2D eigenvalue weighted by Crippen LogP contribution is 2.20. The number of rotatable bonds is 12. The molecule has 0 aliphatic heterocycles. The lowest BCUT2D eigenvalue weighted by molar-refractivity contribution is 0.0685. The number of aromatic carboxylic acids is 1. The summed E-state index contributed by atoms with van der Waals surface area (Å²) in [5, 5.41) is 8.70. The van der Waals surface area contributed by atoms with Crippen molar-refractivity contribution in [1.82, 2.24) is 4.98 Å². The number of carboxylic acid groups (broad SMARTS) is 1. The third-order valence-corrected chi connectivity index (χ3v) is 3.50. The minimum atomic E-state index is -1.31. The first kappa shape index (κ1) is 17.5. The van der Waals surface area contributed by atoms with Crippen LogP contribution in [0.5, 0.6) is 5.75 Å². The Labute approximate surface area is 125 Å². The van der Waals surface area contributed by atoms with E-state index in [4.69, 9.17) is 9.84 Å². The van der Waals surface area contributed by atoms with Crippen LogP contribution in [0.25, 0.3) is 0 Å². The molecule has 2 N–H and O–H groups in total. The number of nitrogens with one attached hydrogen (secondary N) is 1. The van der Waals surface area contributed by atoms with Crippen LogP contribution < -0.4 is 4.74 Å². The summed E-state index contributed by atoms with van der Waals surface area (Å²) in [5.41, 5.74) is -0.447. The largest absolute Gasteiger partial charge is 0.489 e. The van der Waals surface area contributed by atoms with E-state index in [0.717, 1.165) is 12.8 Å². The summed E-state index contributed by atoms with van der Waals surface area (Å²) >= 11 is 0. The molecular weight excluding hydrogens is 273 g/mol. The number of hydrogen-bond donors (Lipinski definition) is 2. The van der Waals surface area contributed by atoms with Crippen molar-refractivity contribution in [2.24, 2.45) is 0 Å². The highest BCUT2D eigenvalue weighted by atomic mass is 19.1. The Bertz CT molecular complexity index is 418. The van der Waals surface area contributed by atoms with Crippen molar-refractivity contribution in [2.75, 3.05) is 6.61 Å². The maximum Gasteiger partial charge on any atom is 0.355 e. The summed E-state index contributed by atoms with van der Waals surface area (Å²) in [6, 6.07) is 0. The molecule has 0 radical (unpaired) electrons. The maximum absolute atomic E-state index is 13.5. The Morgan fingerprint density at radius 2 is 1.71 bits per heavy atom. The van der Waals surface area contributed by atoms with Crippen LogP contribution in [0.15, 0.2) is 6.20 Å². The minimum Gasteiger partial charge on any atom is -0.489 e. The molecule has 21 heavy (non-hydrogen) atoms. The Morgan fingerprint density at radius 1 is 1.14 bits per heavy atom. The number of ether oxygens (including phenoxy) is 1. The lowest BCUT2D eigenvalue weighted by Gasteiger charge is -2.04. The molecule has 1 aromatic heterocycles. The molecule has 0 aliphatic carbocycles. The van der Waals surface area contributed by atoms with Crippen molar-refractivity contribution in [3.63, 3.8) is 0 Å². The predicted molar refractivity (Wildman–Crippen MR) is 80.4 cm³/mol. The van der Waals surface area contributed by atoms with Gasteiger partial charge < -0.3 is 14.8 Å². The summed E-state index contributed by atoms with van der Waals surface area (Å²) in [7, 11) is 0. The number of hydrogen-bond acceptors (Lipinski definition) is 2. The van der Waals surface area contributed by atoms with Crippen molar-refractivity contribution in [2.45, 2.75) is 64.7 Å². The summed E-state index contributed by atoms with van der Waals surface area (Å²) in [6.07, 6.45) is 12.1. The van der Waals surface area contributed by atoms with Gasteiger partial charge in [-0.25, -0.2) is 9.18 Å². The second-order valence-electron chi connectivity index (χ2n) is 5.32. The van der Waals surface area contributed by atoms with Gasteiger partial charge in [0.2, 0.25) is 0 Å². The first-order valence-electron chi connectivity index (χ1n) is 7.89. The number of halogens is 1. The number of carboxylic acids is 1. The van der Waals surface area contributed by atoms with Gasteiger partial charge in [0.1, 0.15) is 0 Å². The van der Waals surface area contributed by atoms with Crippen molar-refractivity contribution < 1.29 is 19.0 Å². The normalized spacial score (nSPS) is 10.8. The second-order valence-corrected chi connectivity index (χ2v) is 5.32. The number of carbonyl (C=O) groups is 1. The molecule has 0 amide bonds. The molecule has 0 saturated heterocycles. The van der Waals surface area contributed by atoms with Gasteiger partial charge >= 0.3 is 5.97 Å². The lowest BCUT2D eigenvalue weighted by Crippen LogP contribution is -2.01. The molecule has 0 aliphatic rings. The Hall–Kier alpha value is -1.52. The lowest BCUT2D eigenvalue weighted by atomic mass is 10.1. The molecule has 0 spiro atoms. The molecule has 0 atom stereocenters. The Kier molecular flexibility index (Phi) is 8.55. The van der Waals surface area contributed by atoms with Crippen LogP contribution >= 0.6 is 0 Å². The van der Waals surface area contributed by atoms with Crippen molar-refractivity contribution >= 4 is 5.97 Å². The molecule has 5 heteroatoms. The van der Waals surface area contributed by atoms with Crippen LogP contribution in [0, 0.1) is 5.82 Å². The first-order valence-corrected chi connectivity index (χ1v) is 7.89. The molecule has 0 bridgehead atoms. The van der Waals surface area contributed by atoms with E-state index in [2.05, 4.69) is 11.9 Å². The van der Waals surface area contributed by atoms with Gasteiger partial charge in [0.05, 0.1) is 6.61 Å². The van der Waals surface area contributed by atoms with E-state index < -0.39 is 17.5 Å². The van der Waals surface area contributed by atoms with Crippen LogP contribution in [0.1, 0.15) is 75.2 Å². The maximum atomic E-state index is 13.5.